The van der Waals surface area contributed by atoms with Gasteiger partial charge in [-0.05, 0) is 54.1 Å². The molecule has 11 atom stereocenters. The number of hydrogen-bond donors (Lipinski definition) is 9. The molecule has 0 saturated carbocycles. The Morgan fingerprint density at radius 3 is 1.96 bits per heavy atom. The molecule has 3 aliphatic heterocycles. The molecular formula is C38H41O18+. The number of carbonyl (C=O) groups excluding carboxylic acids is 1. The van der Waals surface area contributed by atoms with Crippen LogP contribution in [-0.2, 0) is 19.0 Å². The van der Waals surface area contributed by atoms with Crippen LogP contribution in [0.5, 0.6) is 23.0 Å². The minimum Gasteiger partial charge on any atom is -0.508 e. The number of fused-ring (bicyclic) bond motifs is 1. The van der Waals surface area contributed by atoms with Gasteiger partial charge in [0.1, 0.15) is 72.3 Å². The lowest BCUT2D eigenvalue weighted by molar-refractivity contribution is -0.303. The summed E-state index contributed by atoms with van der Waals surface area (Å²) in [5.74, 6) is -1.31. The fourth-order valence-electron chi connectivity index (χ4n) is 5.98. The van der Waals surface area contributed by atoms with Crippen LogP contribution < -0.4 is 14.9 Å². The Morgan fingerprint density at radius 2 is 1.34 bits per heavy atom. The van der Waals surface area contributed by atoms with E-state index in [-0.39, 0.29) is 46.7 Å². The molecule has 10 N–H and O–H groups in total. The first-order valence-corrected chi connectivity index (χ1v) is 17.3. The van der Waals surface area contributed by atoms with Crippen molar-refractivity contribution < 1.29 is 83.6 Å². The van der Waals surface area contributed by atoms with Crippen molar-refractivity contribution in [3.8, 4) is 45.6 Å². The van der Waals surface area contributed by atoms with Gasteiger partial charge in [-0.25, -0.2) is 0 Å². The summed E-state index contributed by atoms with van der Waals surface area (Å²) < 4.78 is 38.5. The molecule has 18 nitrogen and oxygen atoms in total. The molecule has 0 amide bonds. The zero-order valence-corrected chi connectivity index (χ0v) is 29.5. The van der Waals surface area contributed by atoms with Gasteiger partial charge in [-0.15, -0.1) is 0 Å². The van der Waals surface area contributed by atoms with Crippen molar-refractivity contribution in [2.75, 3.05) is 13.2 Å². The summed E-state index contributed by atoms with van der Waals surface area (Å²) in [7, 11) is 0. The fraction of sp³-hybridized carbons (Fsp3) is 0.368. The second kappa shape index (κ2) is 17.3. The van der Waals surface area contributed by atoms with Crippen molar-refractivity contribution in [1.29, 1.82) is 0 Å². The van der Waals surface area contributed by atoms with Crippen LogP contribution in [-0.4, -0.2) is 138 Å². The van der Waals surface area contributed by atoms with Crippen LogP contribution in [0.3, 0.4) is 0 Å². The Bertz CT molecular complexity index is 2000. The molecule has 2 aromatic carbocycles. The molecule has 2 fully saturated rings. The maximum atomic E-state index is 12.9. The lowest BCUT2D eigenvalue weighted by Crippen LogP contribution is -2.60. The summed E-state index contributed by atoms with van der Waals surface area (Å²) in [4.78, 5) is 24.2. The van der Waals surface area contributed by atoms with Gasteiger partial charge < -0.3 is 78.8 Å². The molecule has 300 valence electrons. The molecule has 3 heterocycles. The predicted molar refractivity (Wildman–Crippen MR) is 190 cm³/mol. The monoisotopic (exact) mass is 785 g/mol. The maximum Gasteiger partial charge on any atom is 0.302 e. The van der Waals surface area contributed by atoms with Crippen molar-refractivity contribution in [3.05, 3.63) is 88.6 Å². The molecule has 0 bridgehead atoms. The van der Waals surface area contributed by atoms with E-state index in [1.54, 1.807) is 18.2 Å². The number of carbonyl (C=O) groups is 1. The van der Waals surface area contributed by atoms with Crippen molar-refractivity contribution in [1.82, 2.24) is 0 Å². The van der Waals surface area contributed by atoms with Crippen LogP contribution >= 0.6 is 0 Å². The van der Waals surface area contributed by atoms with Gasteiger partial charge in [0.2, 0.25) is 12.6 Å². The molecule has 56 heavy (non-hydrogen) atoms. The van der Waals surface area contributed by atoms with E-state index in [2.05, 4.69) is 4.74 Å². The van der Waals surface area contributed by atoms with Gasteiger partial charge >= 0.3 is 5.97 Å². The number of rotatable bonds is 12. The summed E-state index contributed by atoms with van der Waals surface area (Å²) in [6, 6.07) is 15.2. The molecule has 18 heteroatoms. The highest BCUT2D eigenvalue weighted by Gasteiger charge is 2.48. The summed E-state index contributed by atoms with van der Waals surface area (Å²) in [5, 5.41) is 94.0. The Labute approximate surface area is 317 Å². The molecule has 0 radical (unpaired) electrons. The fourth-order valence-corrected chi connectivity index (χ4v) is 5.98. The summed E-state index contributed by atoms with van der Waals surface area (Å²) in [6.45, 7) is 0.252. The molecule has 2 aromatic rings. The normalized spacial score (nSPS) is 28.6. The third-order valence-corrected chi connectivity index (χ3v) is 9.02. The SMILES string of the molecule is CC(=O)OC[C@H]1O[C@@H](Oc2cc(=O)cc3oc(-c4ccc(O)cc4)c(O[C@@H]4O[C@H](C[OH+]C(O)C=Cc5ccc(O)cc5)[C@@H](O)[C@H](O)[C@H]4O)cc2-3)[C@H](O)[C@@H](O)[C@@H]1O. The third-order valence-electron chi connectivity index (χ3n) is 9.02. The largest absolute Gasteiger partial charge is 0.508 e. The number of phenolic OH excluding ortho intramolecular Hbond substituents is 2. The molecule has 0 aromatic heterocycles. The van der Waals surface area contributed by atoms with E-state index in [1.165, 1.54) is 48.5 Å². The standard InChI is InChI=1S/C38H40O18/c1-17(39)50-15-27-30(44)32(46)34(48)37(55-27)53-25-13-22(42)12-24-23(25)14-26(36(52-24)19-5-9-21(41)10-6-19)54-38-35(49)33(47)31(45)28(56-38)16-51-29(43)11-4-18-2-7-20(40)8-3-18/h2-14,27-35,37-38,40-41,43-49H,15-16H2,1H3/p+1/t27-,28-,29?,30-,31-,32+,33+,34-,35-,37-,38-/m1/s1. The topological polar surface area (TPSA) is 288 Å². The van der Waals surface area contributed by atoms with Crippen molar-refractivity contribution in [2.45, 2.75) is 74.6 Å². The molecular weight excluding hydrogens is 744 g/mol. The van der Waals surface area contributed by atoms with Crippen LogP contribution in [0.2, 0.25) is 0 Å². The quantitative estimate of drug-likeness (QED) is 0.0488. The lowest BCUT2D eigenvalue weighted by atomic mass is 9.99. The average Bonchev–Trinajstić information content (AvgIpc) is 3.17. The van der Waals surface area contributed by atoms with Crippen LogP contribution in [0.4, 0.5) is 0 Å². The van der Waals surface area contributed by atoms with Crippen molar-refractivity contribution in [2.24, 2.45) is 0 Å². The minimum absolute atomic E-state index is 0.0241. The smallest absolute Gasteiger partial charge is 0.302 e. The number of aliphatic hydroxyl groups is 9. The molecule has 2 saturated heterocycles. The summed E-state index contributed by atoms with van der Waals surface area (Å²) >= 11 is 0. The van der Waals surface area contributed by atoms with Gasteiger partial charge in [0, 0.05) is 30.7 Å². The average molecular weight is 786 g/mol. The first-order valence-electron chi connectivity index (χ1n) is 17.3. The zero-order chi connectivity index (χ0) is 40.3. The van der Waals surface area contributed by atoms with Crippen LogP contribution in [0, 0.1) is 0 Å². The highest BCUT2D eigenvalue weighted by molar-refractivity contribution is 5.75. The van der Waals surface area contributed by atoms with E-state index in [4.69, 9.17) is 28.1 Å². The second-order valence-corrected chi connectivity index (χ2v) is 13.1. The maximum absolute atomic E-state index is 12.9. The van der Waals surface area contributed by atoms with Gasteiger partial charge in [-0.3, -0.25) is 9.59 Å². The van der Waals surface area contributed by atoms with Gasteiger partial charge in [-0.1, -0.05) is 12.1 Å². The molecule has 1 aliphatic carbocycles. The van der Waals surface area contributed by atoms with E-state index >= 15 is 0 Å². The summed E-state index contributed by atoms with van der Waals surface area (Å²) in [6.07, 6.45) is -15.2. The Morgan fingerprint density at radius 1 is 0.768 bits per heavy atom. The predicted octanol–water partition coefficient (Wildman–Crippen LogP) is -0.682. The first kappa shape index (κ1) is 40.5. The Hall–Kier alpha value is -5.12. The van der Waals surface area contributed by atoms with E-state index in [0.717, 1.165) is 19.1 Å². The number of esters is 1. The summed E-state index contributed by atoms with van der Waals surface area (Å²) in [5.41, 5.74) is 0.358. The number of hydrogen-bond acceptors (Lipinski definition) is 17. The van der Waals surface area contributed by atoms with E-state index < -0.39 is 85.7 Å². The van der Waals surface area contributed by atoms with Gasteiger partial charge in [0.25, 0.3) is 6.29 Å². The molecule has 4 aliphatic rings. The van der Waals surface area contributed by atoms with Crippen LogP contribution in [0.15, 0.2) is 82.0 Å². The number of ether oxygens (including phenoxy) is 6. The van der Waals surface area contributed by atoms with Gasteiger partial charge in [0.05, 0.1) is 5.56 Å². The number of benzene rings is 3. The second-order valence-electron chi connectivity index (χ2n) is 13.1. The third kappa shape index (κ3) is 9.28. The lowest BCUT2D eigenvalue weighted by Gasteiger charge is -2.40. The highest BCUT2D eigenvalue weighted by atomic mass is 16.7. The Balaban J connectivity index is 1.29. The highest BCUT2D eigenvalue weighted by Crippen LogP contribution is 2.43. The first-order chi connectivity index (χ1) is 26.7. The zero-order valence-electron chi connectivity index (χ0n) is 29.5. The molecule has 0 spiro atoms. The van der Waals surface area contributed by atoms with Gasteiger partial charge in [-0.2, -0.15) is 0 Å². The minimum atomic E-state index is -1.85. The Kier molecular flexibility index (Phi) is 12.6. The van der Waals surface area contributed by atoms with E-state index in [9.17, 15) is 55.5 Å². The van der Waals surface area contributed by atoms with E-state index in [1.807, 2.05) is 0 Å². The molecule has 6 rings (SSSR count). The van der Waals surface area contributed by atoms with Crippen molar-refractivity contribution in [3.63, 3.8) is 0 Å². The van der Waals surface area contributed by atoms with Crippen LogP contribution in [0.25, 0.3) is 28.7 Å². The van der Waals surface area contributed by atoms with Crippen molar-refractivity contribution >= 4 is 12.0 Å². The number of aromatic hydroxyl groups is 2. The number of phenols is 2. The van der Waals surface area contributed by atoms with Gasteiger partial charge in [0.15, 0.2) is 29.6 Å². The van der Waals surface area contributed by atoms with E-state index in [0.29, 0.717) is 11.1 Å². The molecule has 1 unspecified atom stereocenters. The van der Waals surface area contributed by atoms with Crippen LogP contribution in [0.1, 0.15) is 12.5 Å². The number of aliphatic hydroxyl groups excluding tert-OH is 7.